The highest BCUT2D eigenvalue weighted by molar-refractivity contribution is 9.12. The second-order valence-corrected chi connectivity index (χ2v) is 10.1. The summed E-state index contributed by atoms with van der Waals surface area (Å²) in [4.78, 5) is 32.0. The third-order valence-corrected chi connectivity index (χ3v) is 8.09. The Morgan fingerprint density at radius 1 is 1.22 bits per heavy atom. The molecule has 36 heavy (non-hydrogen) atoms. The van der Waals surface area contributed by atoms with E-state index in [2.05, 4.69) is 79.9 Å². The molecule has 0 fully saturated rings. The van der Waals surface area contributed by atoms with E-state index in [1.807, 2.05) is 12.3 Å². The van der Waals surface area contributed by atoms with Gasteiger partial charge in [-0.3, -0.25) is 9.79 Å². The Hall–Kier alpha value is -3.58. The minimum absolute atomic E-state index is 0.0134. The SMILES string of the molecule is C=CC1=C(Br)C(N2CCc3nc[nH]c(=O)c3C2)=NC2=C(C3=Cc4ccccc4CC=C3)C=NC2CC1. The summed E-state index contributed by atoms with van der Waals surface area (Å²) in [6.07, 6.45) is 15.3. The molecule has 1 aromatic carbocycles. The monoisotopic (exact) mass is 539 g/mol. The molecular weight excluding hydrogens is 514 g/mol. The van der Waals surface area contributed by atoms with Gasteiger partial charge in [0.05, 0.1) is 40.4 Å². The number of aliphatic imine (C=N–C) groups is 2. The van der Waals surface area contributed by atoms with E-state index in [9.17, 15) is 4.79 Å². The number of fused-ring (bicyclic) bond motifs is 3. The van der Waals surface area contributed by atoms with E-state index in [4.69, 9.17) is 9.98 Å². The lowest BCUT2D eigenvalue weighted by Gasteiger charge is -2.32. The molecule has 1 aliphatic carbocycles. The summed E-state index contributed by atoms with van der Waals surface area (Å²) in [6.45, 7) is 5.23. The average Bonchev–Trinajstić information content (AvgIpc) is 3.15. The molecule has 1 unspecified atom stereocenters. The normalized spacial score (nSPS) is 21.1. The molecule has 0 saturated carbocycles. The summed E-state index contributed by atoms with van der Waals surface area (Å²) in [5.74, 6) is 0.820. The van der Waals surface area contributed by atoms with Crippen LogP contribution in [0.15, 0.2) is 97.1 Å². The van der Waals surface area contributed by atoms with Crippen LogP contribution < -0.4 is 5.56 Å². The molecule has 0 amide bonds. The maximum absolute atomic E-state index is 12.5. The van der Waals surface area contributed by atoms with Gasteiger partial charge in [0.1, 0.15) is 5.84 Å². The number of benzene rings is 1. The predicted octanol–water partition coefficient (Wildman–Crippen LogP) is 5.06. The first-order valence-electron chi connectivity index (χ1n) is 12.3. The maximum Gasteiger partial charge on any atom is 0.255 e. The van der Waals surface area contributed by atoms with Crippen LogP contribution in [0.25, 0.3) is 6.08 Å². The summed E-state index contributed by atoms with van der Waals surface area (Å²) in [6, 6.07) is 8.50. The lowest BCUT2D eigenvalue weighted by atomic mass is 9.96. The van der Waals surface area contributed by atoms with Crippen molar-refractivity contribution in [2.75, 3.05) is 6.54 Å². The van der Waals surface area contributed by atoms with Crippen molar-refractivity contribution in [3.8, 4) is 0 Å². The molecule has 7 heteroatoms. The Bertz CT molecular complexity index is 1500. The highest BCUT2D eigenvalue weighted by Gasteiger charge is 2.31. The Morgan fingerprint density at radius 2 is 2.11 bits per heavy atom. The van der Waals surface area contributed by atoms with Crippen LogP contribution in [0.4, 0.5) is 0 Å². The molecular formula is C29H26BrN5O. The van der Waals surface area contributed by atoms with Gasteiger partial charge in [0.2, 0.25) is 0 Å². The molecule has 1 aromatic heterocycles. The molecule has 6 nitrogen and oxygen atoms in total. The number of allylic oxidation sites excluding steroid dienone is 6. The van der Waals surface area contributed by atoms with Crippen LogP contribution in [0.2, 0.25) is 0 Å². The zero-order chi connectivity index (χ0) is 24.6. The standard InChI is InChI=1S/C29H26BrN5O/c1-2-18-10-11-25-27(22(15-31-25)21-9-5-8-19-6-3-4-7-20(19)14-21)34-28(26(18)30)35-13-12-24-23(16-35)29(36)33-17-32-24/h2-7,9,14-15,17,25H,1,8,10-13,16H2,(H,32,33,36). The molecule has 1 atom stereocenters. The molecule has 4 aliphatic rings. The fourth-order valence-corrected chi connectivity index (χ4v) is 5.95. The Morgan fingerprint density at radius 3 is 3.00 bits per heavy atom. The summed E-state index contributed by atoms with van der Waals surface area (Å²) in [5, 5.41) is 0. The van der Waals surface area contributed by atoms with Crippen molar-refractivity contribution in [2.45, 2.75) is 38.3 Å². The van der Waals surface area contributed by atoms with Gasteiger partial charge in [-0.2, -0.15) is 0 Å². The van der Waals surface area contributed by atoms with Crippen LogP contribution in [-0.4, -0.2) is 39.5 Å². The molecule has 4 heterocycles. The maximum atomic E-state index is 12.5. The fourth-order valence-electron chi connectivity index (χ4n) is 5.25. The van der Waals surface area contributed by atoms with Gasteiger partial charge in [-0.05, 0) is 63.5 Å². The van der Waals surface area contributed by atoms with E-state index < -0.39 is 0 Å². The van der Waals surface area contributed by atoms with Gasteiger partial charge in [0.25, 0.3) is 5.56 Å². The van der Waals surface area contributed by atoms with Gasteiger partial charge in [-0.25, -0.2) is 9.98 Å². The topological polar surface area (TPSA) is 73.7 Å². The molecule has 180 valence electrons. The number of nitrogens with one attached hydrogen (secondary N) is 1. The quantitative estimate of drug-likeness (QED) is 0.579. The first-order valence-corrected chi connectivity index (χ1v) is 13.1. The zero-order valence-electron chi connectivity index (χ0n) is 19.9. The number of aromatic amines is 1. The molecule has 0 saturated heterocycles. The van der Waals surface area contributed by atoms with Crippen molar-refractivity contribution in [1.29, 1.82) is 0 Å². The molecule has 0 radical (unpaired) electrons. The largest absolute Gasteiger partial charge is 0.351 e. The van der Waals surface area contributed by atoms with Gasteiger partial charge in [0, 0.05) is 24.8 Å². The van der Waals surface area contributed by atoms with Crippen molar-refractivity contribution >= 4 is 34.1 Å². The van der Waals surface area contributed by atoms with E-state index in [0.717, 1.165) is 64.2 Å². The number of aromatic nitrogens is 2. The summed E-state index contributed by atoms with van der Waals surface area (Å²) < 4.78 is 0.925. The molecule has 3 aliphatic heterocycles. The highest BCUT2D eigenvalue weighted by Crippen LogP contribution is 2.36. The van der Waals surface area contributed by atoms with Crippen LogP contribution in [0.5, 0.6) is 0 Å². The zero-order valence-corrected chi connectivity index (χ0v) is 21.5. The van der Waals surface area contributed by atoms with E-state index in [1.54, 1.807) is 0 Å². The predicted molar refractivity (Wildman–Crippen MR) is 148 cm³/mol. The minimum Gasteiger partial charge on any atom is -0.351 e. The summed E-state index contributed by atoms with van der Waals surface area (Å²) in [5.41, 5.74) is 8.28. The van der Waals surface area contributed by atoms with Crippen LogP contribution >= 0.6 is 15.9 Å². The summed E-state index contributed by atoms with van der Waals surface area (Å²) >= 11 is 3.85. The lowest BCUT2D eigenvalue weighted by molar-refractivity contribution is 0.386. The summed E-state index contributed by atoms with van der Waals surface area (Å²) in [7, 11) is 0. The molecule has 1 N–H and O–H groups in total. The van der Waals surface area contributed by atoms with E-state index in [0.29, 0.717) is 18.5 Å². The number of halogens is 1. The van der Waals surface area contributed by atoms with Crippen LogP contribution in [0.1, 0.15) is 35.2 Å². The molecule has 2 aromatic rings. The number of H-pyrrole nitrogens is 1. The van der Waals surface area contributed by atoms with Gasteiger partial charge in [0.15, 0.2) is 0 Å². The van der Waals surface area contributed by atoms with Crippen molar-refractivity contribution < 1.29 is 0 Å². The molecule has 0 spiro atoms. The molecule has 6 rings (SSSR count). The molecule has 0 bridgehead atoms. The van der Waals surface area contributed by atoms with Crippen molar-refractivity contribution in [2.24, 2.45) is 9.98 Å². The van der Waals surface area contributed by atoms with Crippen LogP contribution in [0, 0.1) is 0 Å². The van der Waals surface area contributed by atoms with Gasteiger partial charge >= 0.3 is 0 Å². The lowest BCUT2D eigenvalue weighted by Crippen LogP contribution is -2.40. The highest BCUT2D eigenvalue weighted by atomic mass is 79.9. The van der Waals surface area contributed by atoms with E-state index in [-0.39, 0.29) is 11.6 Å². The van der Waals surface area contributed by atoms with Gasteiger partial charge in [-0.15, -0.1) is 0 Å². The van der Waals surface area contributed by atoms with Crippen LogP contribution in [0.3, 0.4) is 0 Å². The van der Waals surface area contributed by atoms with Gasteiger partial charge in [-0.1, -0.05) is 49.1 Å². The van der Waals surface area contributed by atoms with E-state index >= 15 is 0 Å². The number of hydrogen-bond donors (Lipinski definition) is 1. The minimum atomic E-state index is -0.0883. The average molecular weight is 540 g/mol. The number of hydrogen-bond acceptors (Lipinski definition) is 5. The Balaban J connectivity index is 1.48. The van der Waals surface area contributed by atoms with Gasteiger partial charge < -0.3 is 9.88 Å². The number of amidine groups is 1. The third kappa shape index (κ3) is 4.07. The first-order chi connectivity index (χ1) is 17.6. The second kappa shape index (κ2) is 9.47. The van der Waals surface area contributed by atoms with Crippen molar-refractivity contribution in [3.63, 3.8) is 0 Å². The Labute approximate surface area is 218 Å². The second-order valence-electron chi connectivity index (χ2n) is 9.34. The van der Waals surface area contributed by atoms with E-state index in [1.165, 1.54) is 17.5 Å². The fraction of sp³-hybridized carbons (Fsp3) is 0.241. The van der Waals surface area contributed by atoms with Crippen LogP contribution in [-0.2, 0) is 19.4 Å². The number of nitrogens with zero attached hydrogens (tertiary/aromatic N) is 4. The first kappa shape index (κ1) is 22.9. The Kier molecular flexibility index (Phi) is 6.01. The third-order valence-electron chi connectivity index (χ3n) is 7.23. The number of rotatable bonds is 2. The van der Waals surface area contributed by atoms with Crippen molar-refractivity contribution in [1.82, 2.24) is 14.9 Å². The smallest absolute Gasteiger partial charge is 0.255 e. The van der Waals surface area contributed by atoms with Crippen molar-refractivity contribution in [3.05, 3.63) is 115 Å².